The third-order valence-electron chi connectivity index (χ3n) is 5.96. The Hall–Kier alpha value is -3.92. The topological polar surface area (TPSA) is 63.3 Å². The van der Waals surface area contributed by atoms with Crippen LogP contribution in [0.1, 0.15) is 47.0 Å². The van der Waals surface area contributed by atoms with Crippen LogP contribution in [0, 0.1) is 0 Å². The second-order valence-corrected chi connectivity index (χ2v) is 8.07. The molecule has 1 aromatic heterocycles. The number of benzene rings is 3. The molecule has 0 amide bonds. The predicted molar refractivity (Wildman–Crippen MR) is 125 cm³/mol. The quantitative estimate of drug-likeness (QED) is 0.375. The summed E-state index contributed by atoms with van der Waals surface area (Å²) in [6, 6.07) is 27.4. The molecule has 0 spiro atoms. The molecule has 1 heterocycles. The molecule has 0 saturated heterocycles. The van der Waals surface area contributed by atoms with Crippen molar-refractivity contribution in [2.75, 3.05) is 0 Å². The number of carboxylic acid groups (broad SMARTS) is 1. The Morgan fingerprint density at radius 3 is 2.34 bits per heavy atom. The van der Waals surface area contributed by atoms with Gasteiger partial charge in [-0.3, -0.25) is 0 Å². The van der Waals surface area contributed by atoms with Gasteiger partial charge >= 0.3 is 5.97 Å². The van der Waals surface area contributed by atoms with E-state index in [2.05, 4.69) is 6.08 Å². The molecule has 0 radical (unpaired) electrons. The largest absolute Gasteiger partial charge is 0.478 e. The Morgan fingerprint density at radius 2 is 1.62 bits per heavy atom. The lowest BCUT2D eigenvalue weighted by Crippen LogP contribution is -2.07. The molecule has 4 aromatic rings. The number of oxazole rings is 1. The molecule has 0 fully saturated rings. The summed E-state index contributed by atoms with van der Waals surface area (Å²) >= 11 is 0. The molecule has 0 aliphatic heterocycles. The summed E-state index contributed by atoms with van der Waals surface area (Å²) in [4.78, 5) is 16.3. The molecule has 0 bridgehead atoms. The van der Waals surface area contributed by atoms with Crippen LogP contribution in [-0.2, 0) is 0 Å². The normalized spacial score (nSPS) is 15.9. The second-order valence-electron chi connectivity index (χ2n) is 8.07. The summed E-state index contributed by atoms with van der Waals surface area (Å²) < 4.78 is 6.37. The summed E-state index contributed by atoms with van der Waals surface area (Å²) in [5.41, 5.74) is 5.29. The van der Waals surface area contributed by atoms with Crippen LogP contribution in [0.4, 0.5) is 0 Å². The van der Waals surface area contributed by atoms with E-state index >= 15 is 0 Å². The van der Waals surface area contributed by atoms with Gasteiger partial charge in [-0.2, -0.15) is 0 Å². The minimum absolute atomic E-state index is 0.238. The number of hydrogen-bond acceptors (Lipinski definition) is 3. The number of hydrogen-bond donors (Lipinski definition) is 1. The van der Waals surface area contributed by atoms with E-state index in [9.17, 15) is 9.90 Å². The van der Waals surface area contributed by atoms with Crippen molar-refractivity contribution in [3.8, 4) is 22.6 Å². The fourth-order valence-corrected chi connectivity index (χ4v) is 4.33. The SMILES string of the molecule is O=C(O)c1cccc(C2CCC=C(c3nc(-c4ccccc4)c(-c4ccccc4)o3)C2)c1. The van der Waals surface area contributed by atoms with E-state index in [-0.39, 0.29) is 5.92 Å². The van der Waals surface area contributed by atoms with Crippen LogP contribution >= 0.6 is 0 Å². The van der Waals surface area contributed by atoms with Gasteiger partial charge in [0, 0.05) is 16.7 Å². The number of aromatic carboxylic acids is 1. The van der Waals surface area contributed by atoms with E-state index in [4.69, 9.17) is 9.40 Å². The van der Waals surface area contributed by atoms with Crippen molar-refractivity contribution >= 4 is 11.5 Å². The molecule has 3 aromatic carbocycles. The van der Waals surface area contributed by atoms with Crippen molar-refractivity contribution in [1.82, 2.24) is 4.98 Å². The first-order chi connectivity index (χ1) is 15.7. The Kier molecular flexibility index (Phi) is 5.42. The van der Waals surface area contributed by atoms with E-state index in [1.165, 1.54) is 0 Å². The number of nitrogens with zero attached hydrogens (tertiary/aromatic N) is 1. The average Bonchev–Trinajstić information content (AvgIpc) is 3.31. The molecule has 1 N–H and O–H groups in total. The van der Waals surface area contributed by atoms with E-state index in [1.54, 1.807) is 12.1 Å². The van der Waals surface area contributed by atoms with Crippen LogP contribution in [0.3, 0.4) is 0 Å². The minimum Gasteiger partial charge on any atom is -0.478 e. The van der Waals surface area contributed by atoms with Crippen molar-refractivity contribution in [2.24, 2.45) is 0 Å². The fraction of sp³-hybridized carbons (Fsp3) is 0.143. The highest BCUT2D eigenvalue weighted by atomic mass is 16.4. The summed E-state index contributed by atoms with van der Waals surface area (Å²) in [6.45, 7) is 0. The van der Waals surface area contributed by atoms with E-state index < -0.39 is 5.97 Å². The van der Waals surface area contributed by atoms with Crippen molar-refractivity contribution in [1.29, 1.82) is 0 Å². The number of allylic oxidation sites excluding steroid dienone is 2. The maximum absolute atomic E-state index is 11.4. The Bertz CT molecular complexity index is 1220. The summed E-state index contributed by atoms with van der Waals surface area (Å²) in [5, 5.41) is 9.35. The van der Waals surface area contributed by atoms with Gasteiger partial charge in [0.1, 0.15) is 5.69 Å². The Morgan fingerprint density at radius 1 is 0.906 bits per heavy atom. The maximum atomic E-state index is 11.4. The zero-order chi connectivity index (χ0) is 21.9. The lowest BCUT2D eigenvalue weighted by molar-refractivity contribution is 0.0696. The van der Waals surface area contributed by atoms with Crippen LogP contribution in [0.5, 0.6) is 0 Å². The first-order valence-corrected chi connectivity index (χ1v) is 10.8. The molecule has 4 heteroatoms. The van der Waals surface area contributed by atoms with Crippen molar-refractivity contribution in [3.05, 3.63) is 108 Å². The summed E-state index contributed by atoms with van der Waals surface area (Å²) in [7, 11) is 0. The molecular weight excluding hydrogens is 398 g/mol. The lowest BCUT2D eigenvalue weighted by atomic mass is 9.83. The smallest absolute Gasteiger partial charge is 0.335 e. The molecule has 1 atom stereocenters. The monoisotopic (exact) mass is 421 g/mol. The highest BCUT2D eigenvalue weighted by molar-refractivity contribution is 5.87. The van der Waals surface area contributed by atoms with Gasteiger partial charge in [-0.05, 0) is 42.9 Å². The van der Waals surface area contributed by atoms with Crippen LogP contribution in [0.2, 0.25) is 0 Å². The van der Waals surface area contributed by atoms with Gasteiger partial charge in [-0.1, -0.05) is 78.9 Å². The van der Waals surface area contributed by atoms with Crippen molar-refractivity contribution in [3.63, 3.8) is 0 Å². The summed E-state index contributed by atoms with van der Waals surface area (Å²) in [6.07, 6.45) is 4.85. The fourth-order valence-electron chi connectivity index (χ4n) is 4.33. The zero-order valence-electron chi connectivity index (χ0n) is 17.6. The molecule has 158 valence electrons. The number of aromatic nitrogens is 1. The first-order valence-electron chi connectivity index (χ1n) is 10.8. The molecule has 1 aliphatic carbocycles. The molecule has 32 heavy (non-hydrogen) atoms. The predicted octanol–water partition coefficient (Wildman–Crippen LogP) is 7.06. The second kappa shape index (κ2) is 8.67. The van der Waals surface area contributed by atoms with Gasteiger partial charge in [0.05, 0.1) is 5.56 Å². The molecule has 1 unspecified atom stereocenters. The first kappa shape index (κ1) is 20.0. The van der Waals surface area contributed by atoms with Crippen molar-refractivity contribution in [2.45, 2.75) is 25.2 Å². The lowest BCUT2D eigenvalue weighted by Gasteiger charge is -2.22. The molecule has 0 saturated carbocycles. The highest BCUT2D eigenvalue weighted by Crippen LogP contribution is 2.40. The summed E-state index contributed by atoms with van der Waals surface area (Å²) in [5.74, 6) is 0.747. The van der Waals surface area contributed by atoms with Crippen LogP contribution in [0.15, 0.2) is 95.4 Å². The zero-order valence-corrected chi connectivity index (χ0v) is 17.6. The highest BCUT2D eigenvalue weighted by Gasteiger charge is 2.24. The maximum Gasteiger partial charge on any atom is 0.335 e. The minimum atomic E-state index is -0.897. The van der Waals surface area contributed by atoms with Gasteiger partial charge in [0.2, 0.25) is 5.89 Å². The van der Waals surface area contributed by atoms with Gasteiger partial charge in [0.15, 0.2) is 5.76 Å². The Labute approximate surface area is 186 Å². The standard InChI is InChI=1S/C28H23NO3/c30-28(31)24-16-8-14-22(18-24)21-13-7-15-23(17-21)27-29-25(19-9-3-1-4-10-19)26(32-27)20-11-5-2-6-12-20/h1-6,8-12,14-16,18,21H,7,13,17H2,(H,30,31). The third-order valence-corrected chi connectivity index (χ3v) is 5.96. The molecular formula is C28H23NO3. The van der Waals surface area contributed by atoms with Gasteiger partial charge in [0.25, 0.3) is 0 Å². The van der Waals surface area contributed by atoms with E-state index in [0.29, 0.717) is 11.5 Å². The van der Waals surface area contributed by atoms with Gasteiger partial charge < -0.3 is 9.52 Å². The average molecular weight is 421 g/mol. The van der Waals surface area contributed by atoms with E-state index in [0.717, 1.165) is 53.0 Å². The molecule has 5 rings (SSSR count). The van der Waals surface area contributed by atoms with E-state index in [1.807, 2.05) is 72.8 Å². The molecule has 1 aliphatic rings. The van der Waals surface area contributed by atoms with Crippen LogP contribution < -0.4 is 0 Å². The van der Waals surface area contributed by atoms with Crippen LogP contribution in [-0.4, -0.2) is 16.1 Å². The third kappa shape index (κ3) is 4.00. The van der Waals surface area contributed by atoms with Crippen LogP contribution in [0.25, 0.3) is 28.2 Å². The van der Waals surface area contributed by atoms with Gasteiger partial charge in [-0.15, -0.1) is 0 Å². The number of carbonyl (C=O) groups is 1. The number of carboxylic acids is 1. The van der Waals surface area contributed by atoms with Gasteiger partial charge in [-0.25, -0.2) is 9.78 Å². The molecule has 4 nitrogen and oxygen atoms in total. The van der Waals surface area contributed by atoms with Crippen molar-refractivity contribution < 1.29 is 14.3 Å². The number of rotatable bonds is 5. The Balaban J connectivity index is 1.51.